The van der Waals surface area contributed by atoms with Crippen molar-refractivity contribution >= 4 is 34.4 Å². The molecule has 208 valence electrons. The number of fused-ring (bicyclic) bond motifs is 1. The number of benzene rings is 1. The van der Waals surface area contributed by atoms with Crippen molar-refractivity contribution in [1.29, 1.82) is 0 Å². The first-order valence-electron chi connectivity index (χ1n) is 14.2. The molecular weight excluding hydrogens is 510 g/mol. The number of carbonyl (C=O) groups excluding carboxylic acids is 1. The Morgan fingerprint density at radius 3 is 2.64 bits per heavy atom. The third-order valence-corrected chi connectivity index (χ3v) is 8.28. The number of H-pyrrole nitrogens is 1. The molecule has 1 saturated heterocycles. The monoisotopic (exact) mass is 549 g/mol. The third kappa shape index (κ3) is 7.18. The molecule has 8 nitrogen and oxygen atoms in total. The van der Waals surface area contributed by atoms with Crippen molar-refractivity contribution in [2.45, 2.75) is 50.6 Å². The number of rotatable bonds is 9. The summed E-state index contributed by atoms with van der Waals surface area (Å²) < 4.78 is 0. The fourth-order valence-corrected chi connectivity index (χ4v) is 5.87. The number of carbonyl (C=O) groups is 1. The van der Waals surface area contributed by atoms with Crippen molar-refractivity contribution in [3.63, 3.8) is 0 Å². The van der Waals surface area contributed by atoms with E-state index in [9.17, 15) is 4.79 Å². The number of anilines is 1. The maximum atomic E-state index is 12.4. The number of nitrogens with one attached hydrogen (secondary N) is 3. The largest absolute Gasteiger partial charge is 0.360 e. The van der Waals surface area contributed by atoms with Crippen molar-refractivity contribution in [1.82, 2.24) is 30.1 Å². The van der Waals surface area contributed by atoms with Gasteiger partial charge in [-0.3, -0.25) is 4.79 Å². The number of aromatic amines is 1. The zero-order valence-corrected chi connectivity index (χ0v) is 23.8. The highest BCUT2D eigenvalue weighted by Gasteiger charge is 2.25. The summed E-state index contributed by atoms with van der Waals surface area (Å²) in [7, 11) is 4.01. The number of hydrogen-bond donors (Lipinski definition) is 3. The lowest BCUT2D eigenvalue weighted by molar-refractivity contribution is -0.127. The summed E-state index contributed by atoms with van der Waals surface area (Å²) in [4.78, 5) is 29.0. The summed E-state index contributed by atoms with van der Waals surface area (Å²) in [6.07, 6.45) is 13.9. The number of aromatic nitrogens is 3. The Morgan fingerprint density at radius 2 is 1.87 bits per heavy atom. The molecule has 9 heteroatoms. The number of amides is 1. The van der Waals surface area contributed by atoms with Crippen molar-refractivity contribution in [2.24, 2.45) is 5.92 Å². The van der Waals surface area contributed by atoms with Crippen molar-refractivity contribution in [2.75, 3.05) is 45.6 Å². The molecule has 0 radical (unpaired) electrons. The van der Waals surface area contributed by atoms with Gasteiger partial charge in [-0.25, -0.2) is 9.97 Å². The normalized spacial score (nSPS) is 20.8. The van der Waals surface area contributed by atoms with Gasteiger partial charge in [0.25, 0.3) is 0 Å². The van der Waals surface area contributed by atoms with Crippen LogP contribution in [-0.4, -0.2) is 83.0 Å². The standard InChI is InChI=1S/C30H40ClN7O/c1-37(2)15-5-8-28(39)38-16-13-21(14-17-38)18-32-22-9-11-23(12-10-22)35-30-34-20-26(31)29(36-30)25-19-33-27-7-4-3-6-24(25)27/h3-8,19-23,32-33H,9-18H2,1-2H3,(H,34,35,36). The Balaban J connectivity index is 1.05. The first-order valence-corrected chi connectivity index (χ1v) is 14.5. The maximum Gasteiger partial charge on any atom is 0.246 e. The van der Waals surface area contributed by atoms with E-state index in [-0.39, 0.29) is 5.91 Å². The first kappa shape index (κ1) is 27.6. The summed E-state index contributed by atoms with van der Waals surface area (Å²) in [5.41, 5.74) is 2.80. The molecule has 2 fully saturated rings. The summed E-state index contributed by atoms with van der Waals surface area (Å²) in [6, 6.07) is 9.07. The number of halogens is 1. The van der Waals surface area contributed by atoms with Gasteiger partial charge in [0, 0.05) is 60.5 Å². The molecule has 0 bridgehead atoms. The van der Waals surface area contributed by atoms with Crippen LogP contribution in [0.5, 0.6) is 0 Å². The number of piperidine rings is 1. The topological polar surface area (TPSA) is 89.2 Å². The summed E-state index contributed by atoms with van der Waals surface area (Å²) in [6.45, 7) is 3.55. The number of hydrogen-bond acceptors (Lipinski definition) is 6. The van der Waals surface area contributed by atoms with Crippen LogP contribution in [0.4, 0.5) is 5.95 Å². The van der Waals surface area contributed by atoms with Crippen LogP contribution < -0.4 is 10.6 Å². The zero-order chi connectivity index (χ0) is 27.2. The van der Waals surface area contributed by atoms with Crippen LogP contribution in [0.25, 0.3) is 22.2 Å². The molecule has 2 aromatic heterocycles. The number of para-hydroxylation sites is 1. The highest BCUT2D eigenvalue weighted by molar-refractivity contribution is 6.33. The van der Waals surface area contributed by atoms with E-state index >= 15 is 0 Å². The Hall–Kier alpha value is -2.94. The van der Waals surface area contributed by atoms with Gasteiger partial charge in [-0.2, -0.15) is 0 Å². The van der Waals surface area contributed by atoms with Crippen LogP contribution >= 0.6 is 11.6 Å². The van der Waals surface area contributed by atoms with E-state index in [1.807, 2.05) is 43.4 Å². The highest BCUT2D eigenvalue weighted by atomic mass is 35.5. The van der Waals surface area contributed by atoms with Crippen LogP contribution in [0.15, 0.2) is 48.8 Å². The van der Waals surface area contributed by atoms with Gasteiger partial charge >= 0.3 is 0 Å². The van der Waals surface area contributed by atoms with Gasteiger partial charge in [-0.1, -0.05) is 35.9 Å². The smallest absolute Gasteiger partial charge is 0.246 e. The molecule has 0 unspecified atom stereocenters. The number of nitrogens with zero attached hydrogens (tertiary/aromatic N) is 4. The van der Waals surface area contributed by atoms with E-state index in [0.717, 1.165) is 86.9 Å². The van der Waals surface area contributed by atoms with Gasteiger partial charge in [0.1, 0.15) is 0 Å². The minimum absolute atomic E-state index is 0.146. The summed E-state index contributed by atoms with van der Waals surface area (Å²) in [5.74, 6) is 1.42. The van der Waals surface area contributed by atoms with E-state index in [4.69, 9.17) is 16.6 Å². The SMILES string of the molecule is CN(C)CC=CC(=O)N1CCC(CNC2CCC(Nc3ncc(Cl)c(-c4c[nH]c5ccccc45)n3)CC2)CC1. The minimum atomic E-state index is 0.146. The lowest BCUT2D eigenvalue weighted by atomic mass is 9.90. The average Bonchev–Trinajstić information content (AvgIpc) is 3.38. The van der Waals surface area contributed by atoms with Crippen LogP contribution in [0, 0.1) is 5.92 Å². The maximum absolute atomic E-state index is 12.4. The second-order valence-corrected chi connectivity index (χ2v) is 11.6. The van der Waals surface area contributed by atoms with Gasteiger partial charge in [0.05, 0.1) is 16.9 Å². The lowest BCUT2D eigenvalue weighted by Crippen LogP contribution is -2.43. The van der Waals surface area contributed by atoms with Crippen molar-refractivity contribution < 1.29 is 4.79 Å². The average molecular weight is 550 g/mol. The van der Waals surface area contributed by atoms with Gasteiger partial charge in [-0.05, 0) is 71.1 Å². The third-order valence-electron chi connectivity index (χ3n) is 8.00. The van der Waals surface area contributed by atoms with E-state index < -0.39 is 0 Å². The number of likely N-dealkylation sites (tertiary alicyclic amines) is 1. The van der Waals surface area contributed by atoms with Gasteiger partial charge in [0.15, 0.2) is 0 Å². The van der Waals surface area contributed by atoms with Crippen LogP contribution in [0.1, 0.15) is 38.5 Å². The predicted octanol–water partition coefficient (Wildman–Crippen LogP) is 4.95. The van der Waals surface area contributed by atoms with Crippen LogP contribution in [0.3, 0.4) is 0 Å². The molecule has 1 saturated carbocycles. The fourth-order valence-electron chi connectivity index (χ4n) is 5.68. The van der Waals surface area contributed by atoms with E-state index in [2.05, 4.69) is 37.6 Å². The Kier molecular flexibility index (Phi) is 9.17. The van der Waals surface area contributed by atoms with E-state index in [0.29, 0.717) is 29.0 Å². The lowest BCUT2D eigenvalue weighted by Gasteiger charge is -2.34. The Bertz CT molecular complexity index is 1270. The molecule has 3 aromatic rings. The summed E-state index contributed by atoms with van der Waals surface area (Å²) in [5, 5.41) is 9.02. The van der Waals surface area contributed by atoms with Crippen molar-refractivity contribution in [3.05, 3.63) is 53.8 Å². The molecule has 1 amide bonds. The molecule has 3 N–H and O–H groups in total. The molecule has 1 aliphatic heterocycles. The van der Waals surface area contributed by atoms with Crippen LogP contribution in [-0.2, 0) is 4.79 Å². The molecule has 39 heavy (non-hydrogen) atoms. The van der Waals surface area contributed by atoms with E-state index in [1.165, 1.54) is 0 Å². The van der Waals surface area contributed by atoms with Crippen molar-refractivity contribution in [3.8, 4) is 11.3 Å². The molecule has 5 rings (SSSR count). The second kappa shape index (κ2) is 12.9. The molecule has 1 aromatic carbocycles. The Labute approximate surface area is 236 Å². The molecule has 3 heterocycles. The van der Waals surface area contributed by atoms with Crippen LogP contribution in [0.2, 0.25) is 5.02 Å². The number of likely N-dealkylation sites (N-methyl/N-ethyl adjacent to an activating group) is 1. The second-order valence-electron chi connectivity index (χ2n) is 11.2. The molecule has 1 aliphatic carbocycles. The summed E-state index contributed by atoms with van der Waals surface area (Å²) >= 11 is 6.50. The molecule has 2 aliphatic rings. The molecule has 0 spiro atoms. The molecule has 0 atom stereocenters. The fraction of sp³-hybridized carbons (Fsp3) is 0.500. The zero-order valence-electron chi connectivity index (χ0n) is 23.0. The minimum Gasteiger partial charge on any atom is -0.360 e. The Morgan fingerprint density at radius 1 is 1.13 bits per heavy atom. The van der Waals surface area contributed by atoms with Gasteiger partial charge < -0.3 is 25.4 Å². The van der Waals surface area contributed by atoms with Gasteiger partial charge in [-0.15, -0.1) is 0 Å². The molecular formula is C30H40ClN7O. The quantitative estimate of drug-likeness (QED) is 0.327. The first-order chi connectivity index (χ1) is 19.0. The highest BCUT2D eigenvalue weighted by Crippen LogP contribution is 2.33. The predicted molar refractivity (Wildman–Crippen MR) is 159 cm³/mol. The van der Waals surface area contributed by atoms with Gasteiger partial charge in [0.2, 0.25) is 11.9 Å². The van der Waals surface area contributed by atoms with E-state index in [1.54, 1.807) is 12.3 Å².